The van der Waals surface area contributed by atoms with Gasteiger partial charge in [0.25, 0.3) is 0 Å². The van der Waals surface area contributed by atoms with E-state index in [9.17, 15) is 0 Å². The van der Waals surface area contributed by atoms with Gasteiger partial charge in [0, 0.05) is 6.61 Å². The van der Waals surface area contributed by atoms with Crippen LogP contribution in [0.3, 0.4) is 0 Å². The summed E-state index contributed by atoms with van der Waals surface area (Å²) in [6.07, 6.45) is 0. The third-order valence-electron chi connectivity index (χ3n) is 0.865. The van der Waals surface area contributed by atoms with Crippen molar-refractivity contribution in [2.75, 3.05) is 26.4 Å². The molecule has 0 unspecified atom stereocenters. The maximum absolute atomic E-state index is 5.14. The summed E-state index contributed by atoms with van der Waals surface area (Å²) in [6.45, 7) is 11.5. The summed E-state index contributed by atoms with van der Waals surface area (Å²) < 4.78 is 10.1. The molecular weight excluding hydrogens is 128 g/mol. The third kappa shape index (κ3) is 7.66. The van der Waals surface area contributed by atoms with E-state index in [0.717, 1.165) is 5.57 Å². The molecule has 0 saturated carbocycles. The van der Waals surface area contributed by atoms with Gasteiger partial charge in [0.2, 0.25) is 0 Å². The largest absolute Gasteiger partial charge is 0.379 e. The first kappa shape index (κ1) is 9.66. The average Bonchev–Trinajstić information content (AvgIpc) is 1.87. The molecular formula is C8H15O2. The van der Waals surface area contributed by atoms with Crippen molar-refractivity contribution in [3.8, 4) is 0 Å². The Hall–Kier alpha value is -0.340. The SMILES string of the molecule is [CH2]COCCOCC(=C)C. The van der Waals surface area contributed by atoms with Crippen molar-refractivity contribution in [2.45, 2.75) is 6.92 Å². The van der Waals surface area contributed by atoms with Gasteiger partial charge in [-0.05, 0) is 13.8 Å². The topological polar surface area (TPSA) is 18.5 Å². The van der Waals surface area contributed by atoms with Crippen LogP contribution in [0.5, 0.6) is 0 Å². The van der Waals surface area contributed by atoms with E-state index < -0.39 is 0 Å². The van der Waals surface area contributed by atoms with Crippen LogP contribution in [0.2, 0.25) is 0 Å². The molecule has 0 amide bonds. The highest BCUT2D eigenvalue weighted by molar-refractivity contribution is 4.87. The Morgan fingerprint density at radius 3 is 2.40 bits per heavy atom. The van der Waals surface area contributed by atoms with Crippen LogP contribution in [0.1, 0.15) is 6.92 Å². The standard InChI is InChI=1S/C8H15O2/c1-4-9-5-6-10-7-8(2)3/h1-2,4-7H2,3H3. The van der Waals surface area contributed by atoms with Gasteiger partial charge in [-0.15, -0.1) is 0 Å². The lowest BCUT2D eigenvalue weighted by Crippen LogP contribution is -2.05. The van der Waals surface area contributed by atoms with E-state index in [4.69, 9.17) is 9.47 Å². The molecule has 0 aromatic carbocycles. The van der Waals surface area contributed by atoms with E-state index in [1.54, 1.807) is 0 Å². The highest BCUT2D eigenvalue weighted by Crippen LogP contribution is 1.87. The summed E-state index contributed by atoms with van der Waals surface area (Å²) in [6, 6.07) is 0. The van der Waals surface area contributed by atoms with Crippen LogP contribution in [-0.4, -0.2) is 26.4 Å². The summed E-state index contributed by atoms with van der Waals surface area (Å²) in [5.74, 6) is 0. The minimum atomic E-state index is 0.510. The molecule has 2 heteroatoms. The van der Waals surface area contributed by atoms with Crippen LogP contribution in [-0.2, 0) is 9.47 Å². The Kier molecular flexibility index (Phi) is 6.55. The Bertz CT molecular complexity index is 89.3. The molecule has 59 valence electrons. The zero-order chi connectivity index (χ0) is 7.82. The summed E-state index contributed by atoms with van der Waals surface area (Å²) in [5, 5.41) is 0. The second-order valence-electron chi connectivity index (χ2n) is 2.12. The molecule has 0 saturated heterocycles. The van der Waals surface area contributed by atoms with Gasteiger partial charge in [-0.1, -0.05) is 12.2 Å². The molecule has 0 aliphatic heterocycles. The van der Waals surface area contributed by atoms with E-state index >= 15 is 0 Å². The first-order valence-corrected chi connectivity index (χ1v) is 3.36. The predicted octanol–water partition coefficient (Wildman–Crippen LogP) is 1.43. The lowest BCUT2D eigenvalue weighted by atomic mass is 10.4. The maximum Gasteiger partial charge on any atom is 0.0704 e. The maximum atomic E-state index is 5.14. The highest BCUT2D eigenvalue weighted by Gasteiger charge is 1.86. The normalized spacial score (nSPS) is 9.80. The lowest BCUT2D eigenvalue weighted by Gasteiger charge is -2.02. The molecule has 0 bridgehead atoms. The molecule has 0 aliphatic rings. The smallest absolute Gasteiger partial charge is 0.0704 e. The number of hydrogen-bond acceptors (Lipinski definition) is 2. The lowest BCUT2D eigenvalue weighted by molar-refractivity contribution is 0.0678. The molecule has 0 heterocycles. The monoisotopic (exact) mass is 143 g/mol. The van der Waals surface area contributed by atoms with Crippen molar-refractivity contribution in [1.29, 1.82) is 0 Å². The van der Waals surface area contributed by atoms with Crippen molar-refractivity contribution < 1.29 is 9.47 Å². The molecule has 0 atom stereocenters. The van der Waals surface area contributed by atoms with Crippen LogP contribution in [0.15, 0.2) is 12.2 Å². The average molecular weight is 143 g/mol. The molecule has 0 spiro atoms. The first-order valence-electron chi connectivity index (χ1n) is 3.36. The van der Waals surface area contributed by atoms with Gasteiger partial charge in [0.1, 0.15) is 0 Å². The summed E-state index contributed by atoms with van der Waals surface area (Å²) in [4.78, 5) is 0. The molecule has 0 rings (SSSR count). The van der Waals surface area contributed by atoms with E-state index in [1.807, 2.05) is 6.92 Å². The molecule has 1 radical (unpaired) electrons. The van der Waals surface area contributed by atoms with Crippen molar-refractivity contribution >= 4 is 0 Å². The summed E-state index contributed by atoms with van der Waals surface area (Å²) in [7, 11) is 0. The second-order valence-corrected chi connectivity index (χ2v) is 2.12. The number of ether oxygens (including phenoxy) is 2. The third-order valence-corrected chi connectivity index (χ3v) is 0.865. The molecule has 0 aliphatic carbocycles. The van der Waals surface area contributed by atoms with Crippen molar-refractivity contribution in [2.24, 2.45) is 0 Å². The predicted molar refractivity (Wildman–Crippen MR) is 41.8 cm³/mol. The molecule has 0 aromatic heterocycles. The van der Waals surface area contributed by atoms with Gasteiger partial charge in [0.15, 0.2) is 0 Å². The molecule has 0 fully saturated rings. The van der Waals surface area contributed by atoms with Gasteiger partial charge < -0.3 is 9.47 Å². The van der Waals surface area contributed by atoms with Gasteiger partial charge >= 0.3 is 0 Å². The molecule has 0 N–H and O–H groups in total. The summed E-state index contributed by atoms with van der Waals surface area (Å²) >= 11 is 0. The van der Waals surface area contributed by atoms with E-state index in [0.29, 0.717) is 26.4 Å². The summed E-state index contributed by atoms with van der Waals surface area (Å²) in [5.41, 5.74) is 1.04. The zero-order valence-electron chi connectivity index (χ0n) is 6.56. The van der Waals surface area contributed by atoms with Crippen LogP contribution in [0.4, 0.5) is 0 Å². The van der Waals surface area contributed by atoms with E-state index in [1.165, 1.54) is 0 Å². The Labute approximate surface area is 62.8 Å². The minimum absolute atomic E-state index is 0.510. The highest BCUT2D eigenvalue weighted by atomic mass is 16.5. The molecule has 0 aromatic rings. The minimum Gasteiger partial charge on any atom is -0.379 e. The van der Waals surface area contributed by atoms with Crippen LogP contribution in [0.25, 0.3) is 0 Å². The van der Waals surface area contributed by atoms with Gasteiger partial charge in [0.05, 0.1) is 19.8 Å². The van der Waals surface area contributed by atoms with Crippen molar-refractivity contribution in [3.63, 3.8) is 0 Å². The fourth-order valence-electron chi connectivity index (χ4n) is 0.466. The first-order chi connectivity index (χ1) is 4.77. The molecule has 2 nitrogen and oxygen atoms in total. The Morgan fingerprint density at radius 1 is 1.30 bits per heavy atom. The number of hydrogen-bond donors (Lipinski definition) is 0. The van der Waals surface area contributed by atoms with Crippen LogP contribution < -0.4 is 0 Å². The Morgan fingerprint density at radius 2 is 1.90 bits per heavy atom. The number of rotatable bonds is 6. The van der Waals surface area contributed by atoms with Gasteiger partial charge in [-0.3, -0.25) is 0 Å². The van der Waals surface area contributed by atoms with Crippen LogP contribution in [0, 0.1) is 6.92 Å². The quantitative estimate of drug-likeness (QED) is 0.413. The van der Waals surface area contributed by atoms with Gasteiger partial charge in [-0.2, -0.15) is 0 Å². The fraction of sp³-hybridized carbons (Fsp3) is 0.625. The van der Waals surface area contributed by atoms with Gasteiger partial charge in [-0.25, -0.2) is 0 Å². The Balaban J connectivity index is 2.84. The van der Waals surface area contributed by atoms with E-state index in [2.05, 4.69) is 13.5 Å². The van der Waals surface area contributed by atoms with Crippen LogP contribution >= 0.6 is 0 Å². The fourth-order valence-corrected chi connectivity index (χ4v) is 0.466. The van der Waals surface area contributed by atoms with E-state index in [-0.39, 0.29) is 0 Å². The second kappa shape index (κ2) is 6.78. The van der Waals surface area contributed by atoms with Crippen molar-refractivity contribution in [1.82, 2.24) is 0 Å². The molecule has 10 heavy (non-hydrogen) atoms. The zero-order valence-corrected chi connectivity index (χ0v) is 6.56. The van der Waals surface area contributed by atoms with Crippen molar-refractivity contribution in [3.05, 3.63) is 19.1 Å².